The first-order chi connectivity index (χ1) is 18.2. The summed E-state index contributed by atoms with van der Waals surface area (Å²) in [7, 11) is 0. The number of aromatic nitrogens is 4. The molecule has 184 valence electrons. The highest BCUT2D eigenvalue weighted by atomic mass is 32.1. The normalized spacial score (nSPS) is 14.1. The van der Waals surface area contributed by atoms with Gasteiger partial charge in [-0.25, -0.2) is 19.9 Å². The molecule has 0 saturated carbocycles. The Morgan fingerprint density at radius 1 is 0.946 bits per heavy atom. The molecule has 0 unspecified atom stereocenters. The maximum absolute atomic E-state index is 13.6. The Morgan fingerprint density at radius 2 is 1.76 bits per heavy atom. The zero-order valence-electron chi connectivity index (χ0n) is 20.2. The van der Waals surface area contributed by atoms with Gasteiger partial charge in [0.1, 0.15) is 21.0 Å². The monoisotopic (exact) mass is 506 g/mol. The van der Waals surface area contributed by atoms with Gasteiger partial charge in [-0.2, -0.15) is 0 Å². The molecule has 1 fully saturated rings. The van der Waals surface area contributed by atoms with Gasteiger partial charge in [-0.15, -0.1) is 0 Å². The fraction of sp³-hybridized carbons (Fsp3) is 0.207. The minimum atomic E-state index is -0.266. The summed E-state index contributed by atoms with van der Waals surface area (Å²) in [6.07, 6.45) is 4.81. The summed E-state index contributed by atoms with van der Waals surface area (Å²) in [6, 6.07) is 23.2. The lowest BCUT2D eigenvalue weighted by molar-refractivity contribution is 0.102. The topological polar surface area (TPSA) is 92.7 Å². The smallest absolute Gasteiger partial charge is 0.274 e. The number of carbonyl (C=O) groups is 1. The zero-order valence-corrected chi connectivity index (χ0v) is 21.0. The number of benzene rings is 2. The number of thiazole rings is 1. The van der Waals surface area contributed by atoms with Crippen LogP contribution in [0.5, 0.6) is 0 Å². The number of rotatable bonds is 6. The van der Waals surface area contributed by atoms with E-state index >= 15 is 0 Å². The Labute approximate surface area is 219 Å². The van der Waals surface area contributed by atoms with E-state index in [-0.39, 0.29) is 5.91 Å². The average molecular weight is 507 g/mol. The Bertz CT molecular complexity index is 1510. The Kier molecular flexibility index (Phi) is 6.66. The highest BCUT2D eigenvalue weighted by Gasteiger charge is 2.19. The Hall–Kier alpha value is -4.01. The first-order valence-electron chi connectivity index (χ1n) is 12.5. The number of anilines is 1. The first kappa shape index (κ1) is 23.4. The molecule has 8 heteroatoms. The second-order valence-corrected chi connectivity index (χ2v) is 10.2. The molecule has 2 aromatic carbocycles. The highest BCUT2D eigenvalue weighted by molar-refractivity contribution is 7.21. The van der Waals surface area contributed by atoms with Crippen molar-refractivity contribution in [1.29, 1.82) is 0 Å². The molecule has 0 atom stereocenters. The molecule has 3 aromatic heterocycles. The molecule has 1 aliphatic rings. The first-order valence-corrected chi connectivity index (χ1v) is 13.3. The summed E-state index contributed by atoms with van der Waals surface area (Å²) in [5.74, 6) is 0.851. The van der Waals surface area contributed by atoms with Gasteiger partial charge < -0.3 is 10.6 Å². The number of nitrogens with one attached hydrogen (secondary N) is 2. The Balaban J connectivity index is 1.33. The molecular formula is C29H26N6OS. The molecule has 0 radical (unpaired) electrons. The van der Waals surface area contributed by atoms with Crippen LogP contribution in [0.3, 0.4) is 0 Å². The molecule has 0 bridgehead atoms. The van der Waals surface area contributed by atoms with Crippen molar-refractivity contribution in [2.24, 2.45) is 5.92 Å². The lowest BCUT2D eigenvalue weighted by atomic mass is 9.93. The quantitative estimate of drug-likeness (QED) is 0.311. The Morgan fingerprint density at radius 3 is 2.59 bits per heavy atom. The van der Waals surface area contributed by atoms with Gasteiger partial charge in [-0.05, 0) is 68.6 Å². The molecule has 4 heterocycles. The second kappa shape index (κ2) is 10.5. The van der Waals surface area contributed by atoms with Gasteiger partial charge in [0, 0.05) is 23.0 Å². The molecule has 0 aliphatic carbocycles. The lowest BCUT2D eigenvalue weighted by Gasteiger charge is -2.22. The summed E-state index contributed by atoms with van der Waals surface area (Å²) in [5.41, 5.74) is 4.54. The van der Waals surface area contributed by atoms with E-state index in [9.17, 15) is 4.79 Å². The van der Waals surface area contributed by atoms with E-state index < -0.39 is 0 Å². The third-order valence-electron chi connectivity index (χ3n) is 6.57. The molecule has 0 spiro atoms. The number of piperidine rings is 1. The summed E-state index contributed by atoms with van der Waals surface area (Å²) >= 11 is 1.50. The van der Waals surface area contributed by atoms with Crippen LogP contribution < -0.4 is 10.6 Å². The van der Waals surface area contributed by atoms with E-state index in [4.69, 9.17) is 9.97 Å². The number of pyridine rings is 1. The molecule has 5 aromatic rings. The van der Waals surface area contributed by atoms with Crippen molar-refractivity contribution in [1.82, 2.24) is 25.3 Å². The molecule has 6 rings (SSSR count). The van der Waals surface area contributed by atoms with Crippen LogP contribution in [-0.2, 0) is 6.42 Å². The number of hydrogen-bond acceptors (Lipinski definition) is 7. The predicted octanol–water partition coefficient (Wildman–Crippen LogP) is 5.61. The SMILES string of the molecule is O=C(Nc1ccccc1-c1nc2cccnc2s1)c1cc(CC2CCNCC2)nc(-c2ccccc2)n1. The van der Waals surface area contributed by atoms with Crippen LogP contribution in [0.1, 0.15) is 29.0 Å². The van der Waals surface area contributed by atoms with Crippen molar-refractivity contribution in [3.8, 4) is 22.0 Å². The minimum Gasteiger partial charge on any atom is -0.320 e. The number of nitrogens with zero attached hydrogens (tertiary/aromatic N) is 4. The number of carbonyl (C=O) groups excluding carboxylic acids is 1. The number of hydrogen-bond donors (Lipinski definition) is 2. The number of para-hydroxylation sites is 1. The summed E-state index contributed by atoms with van der Waals surface area (Å²) in [4.78, 5) is 33.1. The van der Waals surface area contributed by atoms with Crippen LogP contribution in [0.4, 0.5) is 5.69 Å². The molecular weight excluding hydrogens is 480 g/mol. The van der Waals surface area contributed by atoms with Crippen molar-refractivity contribution in [2.45, 2.75) is 19.3 Å². The molecule has 1 amide bonds. The van der Waals surface area contributed by atoms with Gasteiger partial charge in [0.2, 0.25) is 0 Å². The van der Waals surface area contributed by atoms with Crippen LogP contribution in [0.15, 0.2) is 79.0 Å². The minimum absolute atomic E-state index is 0.266. The lowest BCUT2D eigenvalue weighted by Crippen LogP contribution is -2.29. The van der Waals surface area contributed by atoms with Crippen LogP contribution >= 0.6 is 11.3 Å². The fourth-order valence-corrected chi connectivity index (χ4v) is 5.61. The summed E-state index contributed by atoms with van der Waals surface area (Å²) < 4.78 is 0. The number of fused-ring (bicyclic) bond motifs is 1. The van der Waals surface area contributed by atoms with Crippen LogP contribution in [0.25, 0.3) is 32.3 Å². The highest BCUT2D eigenvalue weighted by Crippen LogP contribution is 2.34. The van der Waals surface area contributed by atoms with Crippen LogP contribution in [0, 0.1) is 5.92 Å². The zero-order chi connectivity index (χ0) is 25.0. The maximum Gasteiger partial charge on any atom is 0.274 e. The maximum atomic E-state index is 13.6. The molecule has 1 saturated heterocycles. The third-order valence-corrected chi connectivity index (χ3v) is 7.58. The summed E-state index contributed by atoms with van der Waals surface area (Å²) in [5, 5.41) is 7.31. The van der Waals surface area contributed by atoms with E-state index in [1.54, 1.807) is 6.20 Å². The van der Waals surface area contributed by atoms with Gasteiger partial charge in [0.15, 0.2) is 5.82 Å². The van der Waals surface area contributed by atoms with Gasteiger partial charge in [-0.3, -0.25) is 4.79 Å². The summed E-state index contributed by atoms with van der Waals surface area (Å²) in [6.45, 7) is 2.04. The van der Waals surface area contributed by atoms with Crippen LogP contribution in [-0.4, -0.2) is 38.9 Å². The average Bonchev–Trinajstić information content (AvgIpc) is 3.38. The second-order valence-electron chi connectivity index (χ2n) is 9.18. The molecule has 1 aliphatic heterocycles. The van der Waals surface area contributed by atoms with Crippen LogP contribution in [0.2, 0.25) is 0 Å². The van der Waals surface area contributed by atoms with Gasteiger partial charge in [0.05, 0.1) is 5.69 Å². The van der Waals surface area contributed by atoms with Gasteiger partial charge in [-0.1, -0.05) is 53.8 Å². The van der Waals surface area contributed by atoms with Gasteiger partial charge in [0.25, 0.3) is 5.91 Å². The molecule has 37 heavy (non-hydrogen) atoms. The van der Waals surface area contributed by atoms with Crippen molar-refractivity contribution < 1.29 is 4.79 Å². The predicted molar refractivity (Wildman–Crippen MR) is 148 cm³/mol. The van der Waals surface area contributed by atoms with Crippen molar-refractivity contribution in [3.63, 3.8) is 0 Å². The van der Waals surface area contributed by atoms with E-state index in [0.717, 1.165) is 64.5 Å². The molecule has 2 N–H and O–H groups in total. The van der Waals surface area contributed by atoms with E-state index in [0.29, 0.717) is 23.1 Å². The largest absolute Gasteiger partial charge is 0.320 e. The van der Waals surface area contributed by atoms with E-state index in [2.05, 4.69) is 20.6 Å². The van der Waals surface area contributed by atoms with E-state index in [1.807, 2.05) is 72.8 Å². The van der Waals surface area contributed by atoms with Crippen molar-refractivity contribution >= 4 is 33.3 Å². The molecule has 7 nitrogen and oxygen atoms in total. The standard InChI is InChI=1S/C29H26N6OS/c36-27(34-23-10-5-4-9-22(23)28-35-24-11-6-14-31-29(24)37-28)25-18-21(17-19-12-15-30-16-13-19)32-26(33-25)20-7-2-1-3-8-20/h1-11,14,18-19,30H,12-13,15-17H2,(H,34,36). The van der Waals surface area contributed by atoms with E-state index in [1.165, 1.54) is 11.3 Å². The number of amides is 1. The van der Waals surface area contributed by atoms with Crippen molar-refractivity contribution in [3.05, 3.63) is 90.4 Å². The van der Waals surface area contributed by atoms with Gasteiger partial charge >= 0.3 is 0 Å². The van der Waals surface area contributed by atoms with Crippen molar-refractivity contribution in [2.75, 3.05) is 18.4 Å². The fourth-order valence-electron chi connectivity index (χ4n) is 4.67. The third kappa shape index (κ3) is 5.26.